The molecule has 0 aromatic carbocycles. The zero-order valence-corrected chi connectivity index (χ0v) is 19.8. The number of ether oxygens (including phenoxy) is 2. The maximum atomic E-state index is 12.3. The summed E-state index contributed by atoms with van der Waals surface area (Å²) in [5, 5.41) is 10.4. The zero-order chi connectivity index (χ0) is 22.2. The third kappa shape index (κ3) is 9.91. The number of rotatable bonds is 18. The van der Waals surface area contributed by atoms with Crippen LogP contribution in [0.3, 0.4) is 0 Å². The molecule has 5 heteroatoms. The minimum atomic E-state index is -1.85. The van der Waals surface area contributed by atoms with Crippen molar-refractivity contribution in [3.05, 3.63) is 0 Å². The summed E-state index contributed by atoms with van der Waals surface area (Å²) in [6.07, 6.45) is 16.2. The number of carbonyl (C=O) groups is 2. The second-order valence-corrected chi connectivity index (χ2v) is 9.01. The maximum absolute atomic E-state index is 12.3. The first-order chi connectivity index (χ1) is 14.5. The van der Waals surface area contributed by atoms with Crippen molar-refractivity contribution in [3.8, 4) is 0 Å². The third-order valence-electron chi connectivity index (χ3n) is 6.59. The minimum absolute atomic E-state index is 0.223. The van der Waals surface area contributed by atoms with E-state index >= 15 is 0 Å². The number of Topliss-reactive ketones (excluding diaryl/α,β-unsaturated/α-hetero) is 1. The highest BCUT2D eigenvalue weighted by Crippen LogP contribution is 2.36. The van der Waals surface area contributed by atoms with Gasteiger partial charge < -0.3 is 14.6 Å². The molecule has 1 aliphatic carbocycles. The predicted molar refractivity (Wildman–Crippen MR) is 120 cm³/mol. The second kappa shape index (κ2) is 15.8. The summed E-state index contributed by atoms with van der Waals surface area (Å²) in [6.45, 7) is 4.57. The van der Waals surface area contributed by atoms with Gasteiger partial charge in [0.25, 0.3) is 5.79 Å². The van der Waals surface area contributed by atoms with Crippen LogP contribution in [0, 0.1) is 11.8 Å². The van der Waals surface area contributed by atoms with Gasteiger partial charge in [0, 0.05) is 25.9 Å². The van der Waals surface area contributed by atoms with Gasteiger partial charge >= 0.3 is 5.97 Å². The molecule has 1 saturated carbocycles. The normalized spacial score (nSPS) is 21.0. The number of unbranched alkanes of at least 4 members (excludes halogenated alkanes) is 8. The molecule has 1 N–H and O–H groups in total. The van der Waals surface area contributed by atoms with Crippen molar-refractivity contribution in [1.82, 2.24) is 0 Å². The molecule has 0 bridgehead atoms. The van der Waals surface area contributed by atoms with E-state index in [0.717, 1.165) is 44.9 Å². The molecule has 1 aliphatic rings. The number of esters is 1. The van der Waals surface area contributed by atoms with E-state index in [1.54, 1.807) is 0 Å². The van der Waals surface area contributed by atoms with Crippen molar-refractivity contribution in [2.45, 2.75) is 122 Å². The molecule has 0 aromatic rings. The van der Waals surface area contributed by atoms with Gasteiger partial charge in [-0.2, -0.15) is 0 Å². The quantitative estimate of drug-likeness (QED) is 0.166. The fourth-order valence-corrected chi connectivity index (χ4v) is 4.52. The Hall–Kier alpha value is -0.940. The predicted octanol–water partition coefficient (Wildman–Crippen LogP) is 5.96. The Morgan fingerprint density at radius 2 is 1.60 bits per heavy atom. The molecule has 30 heavy (non-hydrogen) atoms. The summed E-state index contributed by atoms with van der Waals surface area (Å²) in [5.41, 5.74) is 0. The fraction of sp³-hybridized carbons (Fsp3) is 0.920. The van der Waals surface area contributed by atoms with Gasteiger partial charge in [0.15, 0.2) is 0 Å². The van der Waals surface area contributed by atoms with Crippen LogP contribution in [0.15, 0.2) is 0 Å². The molecule has 0 saturated heterocycles. The van der Waals surface area contributed by atoms with E-state index in [4.69, 9.17) is 9.47 Å². The molecule has 1 fully saturated rings. The van der Waals surface area contributed by atoms with E-state index in [9.17, 15) is 14.7 Å². The van der Waals surface area contributed by atoms with Crippen molar-refractivity contribution in [2.75, 3.05) is 13.7 Å². The molecule has 0 radical (unpaired) electrons. The van der Waals surface area contributed by atoms with Crippen molar-refractivity contribution in [1.29, 1.82) is 0 Å². The summed E-state index contributed by atoms with van der Waals surface area (Å²) < 4.78 is 10.2. The van der Waals surface area contributed by atoms with E-state index in [1.807, 2.05) is 6.92 Å². The molecule has 5 nitrogen and oxygen atoms in total. The Balaban J connectivity index is 2.26. The lowest BCUT2D eigenvalue weighted by molar-refractivity contribution is -0.222. The first kappa shape index (κ1) is 27.1. The van der Waals surface area contributed by atoms with E-state index < -0.39 is 11.8 Å². The highest BCUT2D eigenvalue weighted by molar-refractivity contribution is 5.83. The highest BCUT2D eigenvalue weighted by Gasteiger charge is 2.37. The lowest BCUT2D eigenvalue weighted by Crippen LogP contribution is -2.42. The minimum Gasteiger partial charge on any atom is -0.462 e. The van der Waals surface area contributed by atoms with Crippen LogP contribution in [0.4, 0.5) is 0 Å². The summed E-state index contributed by atoms with van der Waals surface area (Å²) in [7, 11) is 1.34. The van der Waals surface area contributed by atoms with E-state index in [-0.39, 0.29) is 12.3 Å². The smallest absolute Gasteiger partial charge is 0.366 e. The Bertz CT molecular complexity index is 478. The van der Waals surface area contributed by atoms with Crippen LogP contribution in [-0.4, -0.2) is 36.4 Å². The van der Waals surface area contributed by atoms with Crippen LogP contribution in [0.1, 0.15) is 117 Å². The average molecular weight is 427 g/mol. The van der Waals surface area contributed by atoms with Gasteiger partial charge in [-0.1, -0.05) is 71.6 Å². The lowest BCUT2D eigenvalue weighted by Gasteiger charge is -2.24. The summed E-state index contributed by atoms with van der Waals surface area (Å²) in [5.74, 6) is -1.31. The van der Waals surface area contributed by atoms with Crippen molar-refractivity contribution >= 4 is 11.8 Å². The first-order valence-electron chi connectivity index (χ1n) is 12.5. The van der Waals surface area contributed by atoms with E-state index in [0.29, 0.717) is 24.7 Å². The molecule has 0 amide bonds. The monoisotopic (exact) mass is 426 g/mol. The van der Waals surface area contributed by atoms with E-state index in [1.165, 1.54) is 52.1 Å². The number of hydrogen-bond donors (Lipinski definition) is 1. The van der Waals surface area contributed by atoms with Crippen molar-refractivity contribution < 1.29 is 24.2 Å². The van der Waals surface area contributed by atoms with Crippen LogP contribution in [0.2, 0.25) is 0 Å². The van der Waals surface area contributed by atoms with Gasteiger partial charge in [0.2, 0.25) is 0 Å². The van der Waals surface area contributed by atoms with Crippen molar-refractivity contribution in [3.63, 3.8) is 0 Å². The maximum Gasteiger partial charge on any atom is 0.366 e. The molecule has 0 aromatic heterocycles. The van der Waals surface area contributed by atoms with Gasteiger partial charge in [-0.25, -0.2) is 4.79 Å². The molecule has 1 rings (SSSR count). The summed E-state index contributed by atoms with van der Waals surface area (Å²) in [6, 6.07) is 0. The van der Waals surface area contributed by atoms with Crippen LogP contribution in [0.5, 0.6) is 0 Å². The average Bonchev–Trinajstić information content (AvgIpc) is 3.09. The van der Waals surface area contributed by atoms with Gasteiger partial charge in [0.1, 0.15) is 5.78 Å². The fourth-order valence-electron chi connectivity index (χ4n) is 4.52. The SMILES string of the molecule is CCCCCCCC[C@H]1CCC(=O)[C@@H]1CCCCCC(O)(OC)C(=O)OCCCC. The molecular formula is C25H46O5. The number of hydrogen-bond acceptors (Lipinski definition) is 5. The molecular weight excluding hydrogens is 380 g/mol. The van der Waals surface area contributed by atoms with E-state index in [2.05, 4.69) is 6.92 Å². The first-order valence-corrected chi connectivity index (χ1v) is 12.5. The Morgan fingerprint density at radius 3 is 2.30 bits per heavy atom. The van der Waals surface area contributed by atoms with Gasteiger partial charge in [-0.3, -0.25) is 4.79 Å². The molecule has 3 atom stereocenters. The van der Waals surface area contributed by atoms with Crippen LogP contribution in [0.25, 0.3) is 0 Å². The molecule has 0 spiro atoms. The third-order valence-corrected chi connectivity index (χ3v) is 6.59. The van der Waals surface area contributed by atoms with Gasteiger partial charge in [-0.15, -0.1) is 0 Å². The molecule has 176 valence electrons. The summed E-state index contributed by atoms with van der Waals surface area (Å²) in [4.78, 5) is 24.4. The number of carbonyl (C=O) groups excluding carboxylic acids is 2. The van der Waals surface area contributed by atoms with Crippen LogP contribution < -0.4 is 0 Å². The van der Waals surface area contributed by atoms with Crippen LogP contribution in [-0.2, 0) is 19.1 Å². The Kier molecular flexibility index (Phi) is 14.3. The highest BCUT2D eigenvalue weighted by atomic mass is 16.7. The van der Waals surface area contributed by atoms with Gasteiger partial charge in [-0.05, 0) is 38.0 Å². The van der Waals surface area contributed by atoms with Crippen LogP contribution >= 0.6 is 0 Å². The lowest BCUT2D eigenvalue weighted by atomic mass is 9.86. The largest absolute Gasteiger partial charge is 0.462 e. The molecule has 0 heterocycles. The van der Waals surface area contributed by atoms with Crippen molar-refractivity contribution in [2.24, 2.45) is 11.8 Å². The standard InChI is InChI=1S/C25H46O5/c1-4-6-8-9-10-12-15-21-17-18-23(26)22(21)16-13-11-14-19-25(28,29-3)24(27)30-20-7-5-2/h21-22,28H,4-20H2,1-3H3/t21-,22+,25?/m0/s1. The topological polar surface area (TPSA) is 72.8 Å². The molecule has 0 aliphatic heterocycles. The Labute approximate surface area is 184 Å². The number of ketones is 1. The number of methoxy groups -OCH3 is 1. The Morgan fingerprint density at radius 1 is 0.967 bits per heavy atom. The molecule has 1 unspecified atom stereocenters. The zero-order valence-electron chi connectivity index (χ0n) is 19.8. The number of aliphatic hydroxyl groups is 1. The summed E-state index contributed by atoms with van der Waals surface area (Å²) >= 11 is 0. The van der Waals surface area contributed by atoms with Gasteiger partial charge in [0.05, 0.1) is 6.61 Å². The second-order valence-electron chi connectivity index (χ2n) is 9.01.